The van der Waals surface area contributed by atoms with E-state index in [4.69, 9.17) is 4.74 Å². The van der Waals surface area contributed by atoms with Gasteiger partial charge in [0.1, 0.15) is 0 Å². The number of aromatic amines is 1. The summed E-state index contributed by atoms with van der Waals surface area (Å²) in [7, 11) is 1.64. The van der Waals surface area contributed by atoms with Crippen LogP contribution in [0.15, 0.2) is 10.9 Å². The minimum absolute atomic E-state index is 0.150. The third-order valence-corrected chi connectivity index (χ3v) is 3.72. The molecule has 0 atom stereocenters. The third kappa shape index (κ3) is 3.85. The summed E-state index contributed by atoms with van der Waals surface area (Å²) in [6.07, 6.45) is 0. The van der Waals surface area contributed by atoms with Crippen LogP contribution in [-0.2, 0) is 10.2 Å². The summed E-state index contributed by atoms with van der Waals surface area (Å²) in [6.45, 7) is 7.34. The van der Waals surface area contributed by atoms with E-state index in [0.29, 0.717) is 28.9 Å². The van der Waals surface area contributed by atoms with E-state index in [1.807, 2.05) is 20.8 Å². The predicted octanol–water partition coefficient (Wildman–Crippen LogP) is 1.64. The zero-order valence-electron chi connectivity index (χ0n) is 12.6. The summed E-state index contributed by atoms with van der Waals surface area (Å²) in [4.78, 5) is 11.9. The maximum absolute atomic E-state index is 11.9. The highest BCUT2D eigenvalue weighted by Crippen LogP contribution is 2.26. The first-order chi connectivity index (χ1) is 9.91. The lowest BCUT2D eigenvalue weighted by molar-refractivity contribution is 0.211. The number of nitrogens with zero attached hydrogens (tertiary/aromatic N) is 3. The molecule has 0 unspecified atom stereocenters. The molecule has 2 aromatic heterocycles. The first-order valence-electron chi connectivity index (χ1n) is 6.58. The van der Waals surface area contributed by atoms with E-state index in [9.17, 15) is 4.79 Å². The Morgan fingerprint density at radius 1 is 1.38 bits per heavy atom. The number of rotatable bonds is 5. The molecule has 0 aliphatic heterocycles. The fourth-order valence-corrected chi connectivity index (χ4v) is 2.39. The third-order valence-electron chi connectivity index (χ3n) is 2.81. The molecule has 0 aliphatic carbocycles. The van der Waals surface area contributed by atoms with Crippen LogP contribution in [0.1, 0.15) is 26.5 Å². The maximum Gasteiger partial charge on any atom is 0.274 e. The van der Waals surface area contributed by atoms with Gasteiger partial charge in [0.05, 0.1) is 17.9 Å². The van der Waals surface area contributed by atoms with Crippen LogP contribution in [0.2, 0.25) is 0 Å². The van der Waals surface area contributed by atoms with Crippen molar-refractivity contribution in [3.63, 3.8) is 0 Å². The van der Waals surface area contributed by atoms with Crippen molar-refractivity contribution >= 4 is 16.5 Å². The van der Waals surface area contributed by atoms with E-state index in [1.54, 1.807) is 13.2 Å². The predicted molar refractivity (Wildman–Crippen MR) is 82.8 cm³/mol. The lowest BCUT2D eigenvalue weighted by Gasteiger charge is -2.16. The number of hydrogen-bond donors (Lipinski definition) is 2. The monoisotopic (exact) mass is 309 g/mol. The van der Waals surface area contributed by atoms with Crippen molar-refractivity contribution in [1.82, 2.24) is 20.4 Å². The van der Waals surface area contributed by atoms with Crippen LogP contribution in [-0.4, -0.2) is 40.7 Å². The zero-order valence-corrected chi connectivity index (χ0v) is 13.4. The Labute approximate surface area is 126 Å². The molecule has 0 bridgehead atoms. The summed E-state index contributed by atoms with van der Waals surface area (Å²) < 4.78 is 4.96. The lowest BCUT2D eigenvalue weighted by Crippen LogP contribution is -2.20. The van der Waals surface area contributed by atoms with Gasteiger partial charge in [-0.05, 0) is 6.07 Å². The number of methoxy groups -OCH3 is 1. The van der Waals surface area contributed by atoms with Gasteiger partial charge in [0, 0.05) is 19.1 Å². The van der Waals surface area contributed by atoms with Gasteiger partial charge in [0.25, 0.3) is 5.56 Å². The number of anilines is 1. The van der Waals surface area contributed by atoms with Gasteiger partial charge in [-0.1, -0.05) is 32.1 Å². The first kappa shape index (κ1) is 15.6. The van der Waals surface area contributed by atoms with E-state index < -0.39 is 0 Å². The number of aromatic nitrogens is 4. The molecule has 2 N–H and O–H groups in total. The molecule has 2 rings (SSSR count). The van der Waals surface area contributed by atoms with Crippen molar-refractivity contribution in [2.75, 3.05) is 25.6 Å². The molecule has 0 fully saturated rings. The Hall–Kier alpha value is -1.80. The average Bonchev–Trinajstić information content (AvgIpc) is 2.87. The van der Waals surface area contributed by atoms with Crippen molar-refractivity contribution in [2.45, 2.75) is 26.2 Å². The Morgan fingerprint density at radius 2 is 2.14 bits per heavy atom. The number of hydrogen-bond acceptors (Lipinski definition) is 7. The minimum atomic E-state index is -0.261. The van der Waals surface area contributed by atoms with E-state index in [0.717, 1.165) is 5.69 Å². The van der Waals surface area contributed by atoms with Gasteiger partial charge in [0.2, 0.25) is 5.13 Å². The molecule has 7 nitrogen and oxygen atoms in total. The summed E-state index contributed by atoms with van der Waals surface area (Å²) in [6, 6.07) is 1.78. The van der Waals surface area contributed by atoms with Crippen LogP contribution < -0.4 is 10.9 Å². The van der Waals surface area contributed by atoms with Crippen LogP contribution >= 0.6 is 11.3 Å². The molecule has 0 radical (unpaired) electrons. The fraction of sp³-hybridized carbons (Fsp3) is 0.538. The van der Waals surface area contributed by atoms with Crippen molar-refractivity contribution in [2.24, 2.45) is 0 Å². The van der Waals surface area contributed by atoms with Crippen LogP contribution in [0.3, 0.4) is 0 Å². The van der Waals surface area contributed by atoms with Gasteiger partial charge in [-0.3, -0.25) is 4.79 Å². The molecule has 8 heteroatoms. The van der Waals surface area contributed by atoms with E-state index in [-0.39, 0.29) is 11.0 Å². The van der Waals surface area contributed by atoms with Gasteiger partial charge in [-0.15, -0.1) is 10.2 Å². The molecule has 2 heterocycles. The molecule has 114 valence electrons. The Kier molecular flexibility index (Phi) is 4.69. The Morgan fingerprint density at radius 3 is 2.81 bits per heavy atom. The van der Waals surface area contributed by atoms with E-state index >= 15 is 0 Å². The number of ether oxygens (including phenoxy) is 1. The van der Waals surface area contributed by atoms with Crippen molar-refractivity contribution in [3.8, 4) is 10.6 Å². The topological polar surface area (TPSA) is 92.8 Å². The van der Waals surface area contributed by atoms with Crippen molar-refractivity contribution in [3.05, 3.63) is 22.1 Å². The average molecular weight is 309 g/mol. The van der Waals surface area contributed by atoms with Crippen molar-refractivity contribution < 1.29 is 4.74 Å². The smallest absolute Gasteiger partial charge is 0.274 e. The molecule has 21 heavy (non-hydrogen) atoms. The highest BCUT2D eigenvalue weighted by Gasteiger charge is 2.19. The molecule has 0 saturated carbocycles. The first-order valence-corrected chi connectivity index (χ1v) is 7.40. The second-order valence-corrected chi connectivity index (χ2v) is 6.56. The van der Waals surface area contributed by atoms with Crippen LogP contribution in [0.5, 0.6) is 0 Å². The van der Waals surface area contributed by atoms with Crippen LogP contribution in [0.25, 0.3) is 10.6 Å². The van der Waals surface area contributed by atoms with Crippen LogP contribution in [0.4, 0.5) is 5.13 Å². The SMILES string of the molecule is COCCNc1nnc(-c2cc(C(C)(C)C)n[nH]c2=O)s1. The largest absolute Gasteiger partial charge is 0.383 e. The molecule has 0 aliphatic rings. The second-order valence-electron chi connectivity index (χ2n) is 5.58. The molecule has 2 aromatic rings. The van der Waals surface area contributed by atoms with E-state index in [1.165, 1.54) is 11.3 Å². The molecule has 0 aromatic carbocycles. The van der Waals surface area contributed by atoms with Gasteiger partial charge in [-0.2, -0.15) is 5.10 Å². The van der Waals surface area contributed by atoms with E-state index in [2.05, 4.69) is 25.7 Å². The maximum atomic E-state index is 11.9. The summed E-state index contributed by atoms with van der Waals surface area (Å²) in [5, 5.41) is 19.0. The molecule has 0 saturated heterocycles. The van der Waals surface area contributed by atoms with Crippen LogP contribution in [0, 0.1) is 0 Å². The summed E-state index contributed by atoms with van der Waals surface area (Å²) in [5.74, 6) is 0. The molecular weight excluding hydrogens is 290 g/mol. The van der Waals surface area contributed by atoms with Crippen molar-refractivity contribution in [1.29, 1.82) is 0 Å². The highest BCUT2D eigenvalue weighted by atomic mass is 32.1. The standard InChI is InChI=1S/C13H19N5O2S/c1-13(2,3)9-7-8(10(19)16-15-9)11-17-18-12(21-11)14-5-6-20-4/h7H,5-6H2,1-4H3,(H,14,18)(H,16,19). The molecule has 0 amide bonds. The lowest BCUT2D eigenvalue weighted by atomic mass is 9.91. The fourth-order valence-electron chi connectivity index (χ4n) is 1.61. The normalized spacial score (nSPS) is 11.6. The summed E-state index contributed by atoms with van der Waals surface area (Å²) in [5.41, 5.74) is 0.888. The summed E-state index contributed by atoms with van der Waals surface area (Å²) >= 11 is 1.33. The number of H-pyrrole nitrogens is 1. The number of nitrogens with one attached hydrogen (secondary N) is 2. The molecule has 0 spiro atoms. The minimum Gasteiger partial charge on any atom is -0.383 e. The van der Waals surface area contributed by atoms with Gasteiger partial charge in [-0.25, -0.2) is 5.10 Å². The Balaban J connectivity index is 2.27. The van der Waals surface area contributed by atoms with Gasteiger partial charge >= 0.3 is 0 Å². The van der Waals surface area contributed by atoms with Gasteiger partial charge < -0.3 is 10.1 Å². The Bertz CT molecular complexity index is 659. The highest BCUT2D eigenvalue weighted by molar-refractivity contribution is 7.18. The second kappa shape index (κ2) is 6.31. The molecular formula is C13H19N5O2S. The zero-order chi connectivity index (χ0) is 15.5. The van der Waals surface area contributed by atoms with Gasteiger partial charge in [0.15, 0.2) is 5.01 Å². The quantitative estimate of drug-likeness (QED) is 0.816.